The zero-order valence-corrected chi connectivity index (χ0v) is 43.1. The van der Waals surface area contributed by atoms with Crippen molar-refractivity contribution in [1.29, 1.82) is 0 Å². The van der Waals surface area contributed by atoms with E-state index in [2.05, 4.69) is 9.05 Å². The van der Waals surface area contributed by atoms with Gasteiger partial charge in [0.05, 0.1) is 158 Å². The van der Waals surface area contributed by atoms with E-state index in [1.165, 1.54) is 11.8 Å². The molecule has 72 heavy (non-hydrogen) atoms. The van der Waals surface area contributed by atoms with Gasteiger partial charge in [0, 0.05) is 39.3 Å². The minimum Gasteiger partial charge on any atom is -0.389 e. The Labute approximate surface area is 420 Å². The molecule has 0 aromatic rings. The van der Waals surface area contributed by atoms with Gasteiger partial charge in [0.25, 0.3) is 0 Å². The maximum atomic E-state index is 10.9. The first-order valence-electron chi connectivity index (χ1n) is 23.7. The Morgan fingerprint density at radius 2 is 0.625 bits per heavy atom. The van der Waals surface area contributed by atoms with E-state index in [9.17, 15) is 54.8 Å². The Morgan fingerprint density at radius 3 is 0.903 bits per heavy atom. The molecule has 31 heteroatoms. The number of phosphoric ester groups is 2. The van der Waals surface area contributed by atoms with Gasteiger partial charge in [-0.25, -0.2) is 9.13 Å². The first kappa shape index (κ1) is 71.1. The van der Waals surface area contributed by atoms with Crippen molar-refractivity contribution in [1.82, 2.24) is 4.90 Å². The molecule has 0 rings (SSSR count). The van der Waals surface area contributed by atoms with Crippen LogP contribution in [0.1, 0.15) is 32.6 Å². The first-order chi connectivity index (χ1) is 34.2. The van der Waals surface area contributed by atoms with E-state index in [0.717, 1.165) is 19.3 Å². The van der Waals surface area contributed by atoms with E-state index in [-0.39, 0.29) is 45.4 Å². The summed E-state index contributed by atoms with van der Waals surface area (Å²) in [4.78, 5) is 47.2. The van der Waals surface area contributed by atoms with Crippen LogP contribution in [0.25, 0.3) is 0 Å². The van der Waals surface area contributed by atoms with Crippen LogP contribution in [0.15, 0.2) is 0 Å². The quantitative estimate of drug-likeness (QED) is 0.0203. The number of carbonyl (C=O) groups excluding carboxylic acids is 1. The molecule has 0 amide bonds. The molecular weight excluding hydrogens is 1020 g/mol. The Balaban J connectivity index is 4.00. The van der Waals surface area contributed by atoms with E-state index >= 15 is 0 Å². The van der Waals surface area contributed by atoms with E-state index in [4.69, 9.17) is 71.7 Å². The summed E-state index contributed by atoms with van der Waals surface area (Å²) in [5, 5.41) is 82.2. The van der Waals surface area contributed by atoms with Crippen LogP contribution in [0, 0.1) is 0 Å². The average Bonchev–Trinajstić information content (AvgIpc) is 3.32. The van der Waals surface area contributed by atoms with Gasteiger partial charge in [0.1, 0.15) is 42.4 Å². The van der Waals surface area contributed by atoms with Crippen LogP contribution >= 0.6 is 15.6 Å². The molecule has 0 aliphatic carbocycles. The molecule has 0 saturated carbocycles. The van der Waals surface area contributed by atoms with Gasteiger partial charge in [0.15, 0.2) is 0 Å². The van der Waals surface area contributed by atoms with Crippen molar-refractivity contribution in [2.24, 2.45) is 0 Å². The van der Waals surface area contributed by atoms with E-state index in [1.807, 2.05) is 0 Å². The summed E-state index contributed by atoms with van der Waals surface area (Å²) in [7, 11) is -10.1. The lowest BCUT2D eigenvalue weighted by Gasteiger charge is -2.33. The van der Waals surface area contributed by atoms with Gasteiger partial charge in [-0.1, -0.05) is 0 Å². The van der Waals surface area contributed by atoms with Crippen molar-refractivity contribution in [2.45, 2.75) is 81.4 Å². The van der Waals surface area contributed by atoms with Gasteiger partial charge in [-0.3, -0.25) is 18.7 Å². The number of Topliss-reactive ketones (excluding diaryl/α,β-unsaturated/α-hetero) is 1. The van der Waals surface area contributed by atoms with Gasteiger partial charge in [0.2, 0.25) is 0 Å². The molecule has 0 fully saturated rings. The second-order valence-corrected chi connectivity index (χ2v) is 18.3. The molecule has 0 spiro atoms. The summed E-state index contributed by atoms with van der Waals surface area (Å²) in [6.45, 7) is 6.55. The number of carbonyl (C=O) groups is 1. The molecule has 432 valence electrons. The lowest BCUT2D eigenvalue weighted by molar-refractivity contribution is -0.130. The highest BCUT2D eigenvalue weighted by Crippen LogP contribution is 2.36. The lowest BCUT2D eigenvalue weighted by atomic mass is 10.0. The molecule has 0 aromatic heterocycles. The van der Waals surface area contributed by atoms with Crippen molar-refractivity contribution < 1.29 is 136 Å². The number of aliphatic hydroxyl groups excluding tert-OH is 8. The Bertz CT molecular complexity index is 1290. The number of aliphatic hydroxyl groups is 8. The fourth-order valence-electron chi connectivity index (χ4n) is 5.63. The molecule has 29 nitrogen and oxygen atoms in total. The number of nitrogens with zero attached hydrogens (tertiary/aromatic N) is 1. The molecule has 0 aliphatic rings. The molecular formula is C41H85NO28P2. The zero-order chi connectivity index (χ0) is 53.9. The maximum Gasteiger partial charge on any atom is 0.469 e. The van der Waals surface area contributed by atoms with E-state index in [0.29, 0.717) is 119 Å². The number of rotatable bonds is 55. The average molecular weight is 1100 g/mol. The molecule has 0 heterocycles. The highest BCUT2D eigenvalue weighted by molar-refractivity contribution is 7.46. The van der Waals surface area contributed by atoms with Crippen molar-refractivity contribution in [3.8, 4) is 0 Å². The third-order valence-electron chi connectivity index (χ3n) is 9.57. The predicted octanol–water partition coefficient (Wildman–Crippen LogP) is -4.27. The molecule has 0 bridgehead atoms. The number of unbranched alkanes of at least 4 members (excludes halogenated alkanes) is 2. The Morgan fingerprint density at radius 1 is 0.375 bits per heavy atom. The highest BCUT2D eigenvalue weighted by Gasteiger charge is 2.36. The second-order valence-electron chi connectivity index (χ2n) is 15.8. The SMILES string of the molecule is CC(=O)CCOCCOCCOCCOCCOCCCCCOCCOCCOCCOCCOCCOCCN(C[C@H](O)[C@@H](O)[C@H](O)[C@H](O)COP(=O)(O)O)C[C@H](O)[C@@H](O)[C@H](O)[C@H](O)COP(=O)(O)O. The van der Waals surface area contributed by atoms with Crippen molar-refractivity contribution in [3.63, 3.8) is 0 Å². The topological polar surface area (TPSA) is 417 Å². The Kier molecular flexibility index (Phi) is 45.6. The van der Waals surface area contributed by atoms with E-state index in [1.54, 1.807) is 0 Å². The number of phosphoric acid groups is 2. The van der Waals surface area contributed by atoms with Gasteiger partial charge in [-0.2, -0.15) is 0 Å². The number of ketones is 1. The lowest BCUT2D eigenvalue weighted by Crippen LogP contribution is -2.53. The third-order valence-corrected chi connectivity index (χ3v) is 10.5. The number of hydrogen-bond donors (Lipinski definition) is 12. The summed E-state index contributed by atoms with van der Waals surface area (Å²) in [5.41, 5.74) is 0. The summed E-state index contributed by atoms with van der Waals surface area (Å²) in [6.07, 6.45) is -13.3. The van der Waals surface area contributed by atoms with Crippen LogP contribution in [-0.4, -0.2) is 298 Å². The maximum absolute atomic E-state index is 10.9. The molecule has 12 N–H and O–H groups in total. The predicted molar refractivity (Wildman–Crippen MR) is 249 cm³/mol. The van der Waals surface area contributed by atoms with E-state index < -0.39 is 90.8 Å². The molecule has 0 radical (unpaired) electrons. The van der Waals surface area contributed by atoms with Crippen LogP contribution in [0.4, 0.5) is 0 Å². The van der Waals surface area contributed by atoms with Crippen LogP contribution < -0.4 is 0 Å². The minimum absolute atomic E-state index is 0.0713. The fourth-order valence-corrected chi connectivity index (χ4v) is 6.33. The minimum atomic E-state index is -5.05. The van der Waals surface area contributed by atoms with Crippen LogP contribution in [0.3, 0.4) is 0 Å². The normalized spacial score (nSPS) is 15.9. The van der Waals surface area contributed by atoms with Crippen LogP contribution in [0.5, 0.6) is 0 Å². The van der Waals surface area contributed by atoms with Crippen LogP contribution in [0.2, 0.25) is 0 Å². The van der Waals surface area contributed by atoms with Crippen molar-refractivity contribution in [2.75, 3.05) is 178 Å². The summed E-state index contributed by atoms with van der Waals surface area (Å²) < 4.78 is 90.2. The third kappa shape index (κ3) is 45.3. The summed E-state index contributed by atoms with van der Waals surface area (Å²) in [5.74, 6) is 0.104. The second kappa shape index (κ2) is 46.2. The Hall–Kier alpha value is -0.910. The molecule has 0 saturated heterocycles. The molecule has 0 unspecified atom stereocenters. The van der Waals surface area contributed by atoms with Crippen LogP contribution in [-0.2, 0) is 75.1 Å². The number of ether oxygens (including phenoxy) is 11. The zero-order valence-electron chi connectivity index (χ0n) is 41.3. The van der Waals surface area contributed by atoms with Gasteiger partial charge >= 0.3 is 15.6 Å². The summed E-state index contributed by atoms with van der Waals surface area (Å²) in [6, 6.07) is 0. The van der Waals surface area contributed by atoms with Gasteiger partial charge in [-0.05, 0) is 26.2 Å². The van der Waals surface area contributed by atoms with Gasteiger partial charge < -0.3 is 113 Å². The molecule has 0 aliphatic heterocycles. The van der Waals surface area contributed by atoms with Crippen molar-refractivity contribution >= 4 is 21.4 Å². The standard InChI is InChI=1S/C41H85NO28P2/c1-33(43)5-9-60-13-17-64-21-25-66-23-19-62-15-11-58-7-3-2-4-8-59-12-16-63-20-24-67-27-28-68-26-22-65-18-14-61-10-6-42(29-34(44)38(48)40(50)36(46)31-69-71(52,53)54)30-35(45)39(49)41(51)37(47)32-70-72(55,56)57/h34-41,44-51H,2-32H2,1H3,(H2,52,53,54)(H2,55,56,57)/t34-,35-,36+,37+,38+,39+,40+,41+/m0/s1. The summed E-state index contributed by atoms with van der Waals surface area (Å²) >= 11 is 0. The fraction of sp³-hybridized carbons (Fsp3) is 0.976. The van der Waals surface area contributed by atoms with Gasteiger partial charge in [-0.15, -0.1) is 0 Å². The highest BCUT2D eigenvalue weighted by atomic mass is 31.2. The largest absolute Gasteiger partial charge is 0.469 e. The smallest absolute Gasteiger partial charge is 0.389 e. The monoisotopic (exact) mass is 1100 g/mol. The number of hydrogen-bond acceptors (Lipinski definition) is 25. The first-order valence-corrected chi connectivity index (χ1v) is 26.7. The van der Waals surface area contributed by atoms with Crippen molar-refractivity contribution in [3.05, 3.63) is 0 Å². The molecule has 8 atom stereocenters. The molecule has 0 aromatic carbocycles.